The molecule has 12 nitrogen and oxygen atoms in total. The average Bonchev–Trinajstić information content (AvgIpc) is 2.98. The van der Waals surface area contributed by atoms with Gasteiger partial charge in [0.25, 0.3) is 0 Å². The van der Waals surface area contributed by atoms with Gasteiger partial charge in [-0.3, -0.25) is 0 Å². The summed E-state index contributed by atoms with van der Waals surface area (Å²) in [5.41, 5.74) is -2.12. The molecule has 0 heterocycles. The topological polar surface area (TPSA) is 134 Å². The maximum Gasteiger partial charge on any atom is 0.330 e. The fraction of sp³-hybridized carbons (Fsp3) is 0.710. The lowest BCUT2D eigenvalue weighted by Gasteiger charge is -2.49. The van der Waals surface area contributed by atoms with E-state index in [0.717, 1.165) is 18.2 Å². The Labute approximate surface area is 288 Å². The number of esters is 3. The van der Waals surface area contributed by atoms with Crippen LogP contribution in [0.1, 0.15) is 40.0 Å². The van der Waals surface area contributed by atoms with Gasteiger partial charge in [-0.2, -0.15) is 0 Å². The fourth-order valence-electron chi connectivity index (χ4n) is 5.30. The van der Waals surface area contributed by atoms with Crippen molar-refractivity contribution in [1.82, 2.24) is 0 Å². The smallest absolute Gasteiger partial charge is 0.330 e. The van der Waals surface area contributed by atoms with Gasteiger partial charge in [0.05, 0.1) is 37.0 Å². The Balaban J connectivity index is 6.20. The van der Waals surface area contributed by atoms with Crippen LogP contribution in [0.4, 0.5) is 0 Å². The van der Waals surface area contributed by atoms with E-state index in [1.165, 1.54) is 0 Å². The zero-order valence-corrected chi connectivity index (χ0v) is 35.3. The van der Waals surface area contributed by atoms with Crippen molar-refractivity contribution in [2.45, 2.75) is 102 Å². The predicted octanol–water partition coefficient (Wildman–Crippen LogP) is 3.82. The quantitative estimate of drug-likeness (QED) is 0.0303. The minimum absolute atomic E-state index is 0.0972. The van der Waals surface area contributed by atoms with E-state index in [-0.39, 0.29) is 56.8 Å². The molecule has 0 saturated carbocycles. The van der Waals surface area contributed by atoms with Crippen LogP contribution in [0.3, 0.4) is 0 Å². The standard InChI is InChI=1S/C31H60O12Si4/c1-13-25(32)35-19-22-38-28(16-4)45(7,8)41-31(44,42-46(9,10)29(17-5)39-23-20-36-26(33)14-2)43-47(11,12)30(18-6)40-24-21-37-27(34)15-3/h13-15,28-30H,1-3,16-24H2,4-12,44H3. The van der Waals surface area contributed by atoms with Gasteiger partial charge in [-0.25, -0.2) is 14.4 Å². The van der Waals surface area contributed by atoms with E-state index in [1.54, 1.807) is 0 Å². The Morgan fingerprint density at radius 2 is 0.787 bits per heavy atom. The van der Waals surface area contributed by atoms with Crippen LogP contribution < -0.4 is 0 Å². The van der Waals surface area contributed by atoms with Gasteiger partial charge < -0.3 is 41.7 Å². The van der Waals surface area contributed by atoms with Crippen LogP contribution in [0, 0.1) is 0 Å². The van der Waals surface area contributed by atoms with Crippen LogP contribution in [0.5, 0.6) is 0 Å². The highest BCUT2D eigenvalue weighted by Gasteiger charge is 2.50. The summed E-state index contributed by atoms with van der Waals surface area (Å²) < 4.78 is 54.8. The molecule has 0 rings (SSSR count). The van der Waals surface area contributed by atoms with E-state index in [0.29, 0.717) is 29.5 Å². The molecule has 16 heteroatoms. The molecular weight excluding hydrogens is 677 g/mol. The second-order valence-electron chi connectivity index (χ2n) is 12.4. The number of ether oxygens (including phenoxy) is 6. The summed E-state index contributed by atoms with van der Waals surface area (Å²) in [6.07, 6.45) is 5.35. The van der Waals surface area contributed by atoms with Crippen LogP contribution in [-0.2, 0) is 56.1 Å². The summed E-state index contributed by atoms with van der Waals surface area (Å²) in [6, 6.07) is 0. The monoisotopic (exact) mass is 736 g/mol. The van der Waals surface area contributed by atoms with Crippen LogP contribution in [0.15, 0.2) is 38.0 Å². The Morgan fingerprint density at radius 1 is 0.553 bits per heavy atom. The molecule has 3 atom stereocenters. The second-order valence-corrected chi connectivity index (χ2v) is 25.8. The Kier molecular flexibility index (Phi) is 21.3. The summed E-state index contributed by atoms with van der Waals surface area (Å²) in [5, 5.41) is 0. The molecule has 0 N–H and O–H groups in total. The van der Waals surface area contributed by atoms with Crippen molar-refractivity contribution >= 4 is 53.1 Å². The highest BCUT2D eigenvalue weighted by molar-refractivity contribution is 6.75. The Hall–Kier alpha value is -1.74. The van der Waals surface area contributed by atoms with E-state index >= 15 is 0 Å². The van der Waals surface area contributed by atoms with Gasteiger partial charge in [-0.15, -0.1) is 0 Å². The molecule has 0 fully saturated rings. The third-order valence-corrected chi connectivity index (χ3v) is 18.1. The molecule has 0 spiro atoms. The first-order chi connectivity index (χ1) is 21.9. The summed E-state index contributed by atoms with van der Waals surface area (Å²) in [5.74, 6) is -1.52. The van der Waals surface area contributed by atoms with Crippen molar-refractivity contribution in [3.8, 4) is 0 Å². The van der Waals surface area contributed by atoms with Gasteiger partial charge in [0.15, 0.2) is 0 Å². The third kappa shape index (κ3) is 17.5. The Morgan fingerprint density at radius 3 is 0.979 bits per heavy atom. The fourth-order valence-corrected chi connectivity index (χ4v) is 18.3. The van der Waals surface area contributed by atoms with E-state index in [2.05, 4.69) is 59.0 Å². The molecule has 0 saturated heterocycles. The van der Waals surface area contributed by atoms with Crippen molar-refractivity contribution in [1.29, 1.82) is 0 Å². The van der Waals surface area contributed by atoms with Crippen LogP contribution >= 0.6 is 0 Å². The maximum atomic E-state index is 11.5. The second kappa shape index (κ2) is 22.1. The maximum absolute atomic E-state index is 11.5. The molecule has 0 aliphatic carbocycles. The summed E-state index contributed by atoms with van der Waals surface area (Å²) in [6.45, 7) is 29.6. The van der Waals surface area contributed by atoms with Gasteiger partial charge in [-0.05, 0) is 58.5 Å². The van der Waals surface area contributed by atoms with Crippen LogP contribution in [-0.4, -0.2) is 116 Å². The molecule has 0 amide bonds. The lowest BCUT2D eigenvalue weighted by Crippen LogP contribution is -2.65. The average molecular weight is 737 g/mol. The molecule has 0 aromatic rings. The third-order valence-electron chi connectivity index (χ3n) is 7.22. The van der Waals surface area contributed by atoms with Crippen molar-refractivity contribution in [2.24, 2.45) is 0 Å². The SMILES string of the molecule is C=CC(=O)OCCOC(CC)[Si](C)(C)OC([SiH3])(O[Si](C)(C)C(CC)OCCOC(=O)C=C)O[Si](C)(C)C(CC)OCCOC(=O)C=C. The first-order valence-electron chi connectivity index (χ1n) is 16.2. The molecule has 47 heavy (non-hydrogen) atoms. The molecule has 0 radical (unpaired) electrons. The number of carbonyl (C=O) groups excluding carboxylic acids is 3. The summed E-state index contributed by atoms with van der Waals surface area (Å²) in [7, 11) is -7.78. The summed E-state index contributed by atoms with van der Waals surface area (Å²) >= 11 is 0. The van der Waals surface area contributed by atoms with E-state index in [9.17, 15) is 14.4 Å². The minimum Gasteiger partial charge on any atom is -0.460 e. The molecular formula is C31H60O12Si4. The zero-order chi connectivity index (χ0) is 36.3. The molecule has 272 valence electrons. The number of hydrogen-bond donors (Lipinski definition) is 0. The van der Waals surface area contributed by atoms with Gasteiger partial charge >= 0.3 is 17.9 Å². The first-order valence-corrected chi connectivity index (χ1v) is 26.1. The van der Waals surface area contributed by atoms with E-state index in [1.807, 2.05) is 20.8 Å². The van der Waals surface area contributed by atoms with E-state index in [4.69, 9.17) is 41.7 Å². The molecule has 0 aliphatic heterocycles. The summed E-state index contributed by atoms with van der Waals surface area (Å²) in [4.78, 5) is 34.5. The molecule has 0 aliphatic rings. The highest BCUT2D eigenvalue weighted by atomic mass is 28.4. The van der Waals surface area contributed by atoms with Crippen molar-refractivity contribution < 1.29 is 56.1 Å². The zero-order valence-electron chi connectivity index (χ0n) is 30.3. The molecule has 0 aromatic carbocycles. The highest BCUT2D eigenvalue weighted by Crippen LogP contribution is 2.33. The van der Waals surface area contributed by atoms with Crippen molar-refractivity contribution in [3.05, 3.63) is 38.0 Å². The Bertz CT molecular complexity index is 883. The van der Waals surface area contributed by atoms with Gasteiger partial charge in [0, 0.05) is 18.2 Å². The predicted molar refractivity (Wildman–Crippen MR) is 192 cm³/mol. The van der Waals surface area contributed by atoms with Crippen molar-refractivity contribution in [2.75, 3.05) is 39.6 Å². The first kappa shape index (κ1) is 45.3. The van der Waals surface area contributed by atoms with Gasteiger partial charge in [0.2, 0.25) is 30.5 Å². The van der Waals surface area contributed by atoms with Gasteiger partial charge in [-0.1, -0.05) is 40.5 Å². The van der Waals surface area contributed by atoms with Crippen molar-refractivity contribution in [3.63, 3.8) is 0 Å². The number of carbonyl (C=O) groups is 3. The molecule has 0 aromatic heterocycles. The van der Waals surface area contributed by atoms with Gasteiger partial charge in [0.1, 0.15) is 30.1 Å². The lowest BCUT2D eigenvalue weighted by molar-refractivity contribution is -0.212. The molecule has 3 unspecified atom stereocenters. The number of rotatable bonds is 27. The molecule has 0 bridgehead atoms. The van der Waals surface area contributed by atoms with E-state index < -0.39 is 48.5 Å². The van der Waals surface area contributed by atoms with Crippen LogP contribution in [0.2, 0.25) is 39.3 Å². The number of hydrogen-bond acceptors (Lipinski definition) is 12. The largest absolute Gasteiger partial charge is 0.460 e. The normalized spacial score (nSPS) is 15.5. The van der Waals surface area contributed by atoms with Crippen LogP contribution in [0.25, 0.3) is 0 Å². The lowest BCUT2D eigenvalue weighted by atomic mass is 10.5. The minimum atomic E-state index is -2.71.